The minimum atomic E-state index is -1.43. The molecule has 0 fully saturated rings. The van der Waals surface area contributed by atoms with E-state index in [4.69, 9.17) is 16.3 Å². The lowest BCUT2D eigenvalue weighted by Gasteiger charge is -2.14. The van der Waals surface area contributed by atoms with Crippen molar-refractivity contribution in [3.8, 4) is 5.75 Å². The molecule has 0 radical (unpaired) electrons. The summed E-state index contributed by atoms with van der Waals surface area (Å²) in [5.74, 6) is -1.19. The van der Waals surface area contributed by atoms with Crippen LogP contribution in [-0.2, 0) is 0 Å². The predicted octanol–water partition coefficient (Wildman–Crippen LogP) is 3.71. The van der Waals surface area contributed by atoms with E-state index in [-0.39, 0.29) is 10.6 Å². The van der Waals surface area contributed by atoms with Crippen molar-refractivity contribution < 1.29 is 18.6 Å². The molecule has 2 aromatic carbocycles. The van der Waals surface area contributed by atoms with Crippen molar-refractivity contribution in [2.24, 2.45) is 0 Å². The third kappa shape index (κ3) is 2.69. The summed E-state index contributed by atoms with van der Waals surface area (Å²) in [6.45, 7) is 0. The average Bonchev–Trinajstić information content (AvgIpc) is 2.38. The number of methoxy groups -OCH3 is 1. The quantitative estimate of drug-likeness (QED) is 0.931. The van der Waals surface area contributed by atoms with Crippen molar-refractivity contribution in [2.45, 2.75) is 6.10 Å². The molecule has 0 amide bonds. The van der Waals surface area contributed by atoms with Gasteiger partial charge in [-0.3, -0.25) is 0 Å². The molecule has 2 aromatic rings. The van der Waals surface area contributed by atoms with Crippen LogP contribution in [0.4, 0.5) is 8.78 Å². The van der Waals surface area contributed by atoms with Gasteiger partial charge in [-0.1, -0.05) is 23.7 Å². The fraction of sp³-hybridized carbons (Fsp3) is 0.143. The van der Waals surface area contributed by atoms with Crippen LogP contribution < -0.4 is 4.74 Å². The van der Waals surface area contributed by atoms with Crippen LogP contribution in [0.2, 0.25) is 5.02 Å². The summed E-state index contributed by atoms with van der Waals surface area (Å²) >= 11 is 5.92. The Labute approximate surface area is 114 Å². The number of halogens is 3. The normalized spacial score (nSPS) is 12.3. The molecule has 2 nitrogen and oxygen atoms in total. The van der Waals surface area contributed by atoms with Crippen LogP contribution >= 0.6 is 11.6 Å². The maximum absolute atomic E-state index is 13.6. The summed E-state index contributed by atoms with van der Waals surface area (Å²) in [5.41, 5.74) is -0.112. The Kier molecular flexibility index (Phi) is 4.02. The van der Waals surface area contributed by atoms with Crippen LogP contribution in [0.1, 0.15) is 17.2 Å². The van der Waals surface area contributed by atoms with E-state index in [0.29, 0.717) is 5.75 Å². The van der Waals surface area contributed by atoms with E-state index >= 15 is 0 Å². The van der Waals surface area contributed by atoms with Gasteiger partial charge in [-0.2, -0.15) is 0 Å². The Morgan fingerprint density at radius 2 is 1.79 bits per heavy atom. The van der Waals surface area contributed by atoms with Crippen molar-refractivity contribution in [2.75, 3.05) is 7.11 Å². The van der Waals surface area contributed by atoms with Crippen LogP contribution in [0.3, 0.4) is 0 Å². The molecule has 19 heavy (non-hydrogen) atoms. The van der Waals surface area contributed by atoms with Gasteiger partial charge in [0.15, 0.2) is 0 Å². The Morgan fingerprint density at radius 1 is 1.16 bits per heavy atom. The van der Waals surface area contributed by atoms with Gasteiger partial charge in [-0.05, 0) is 29.8 Å². The molecule has 0 aromatic heterocycles. The number of hydrogen-bond acceptors (Lipinski definition) is 2. The molecule has 1 atom stereocenters. The molecular formula is C14H11ClF2O2. The highest BCUT2D eigenvalue weighted by molar-refractivity contribution is 6.32. The van der Waals surface area contributed by atoms with E-state index in [1.54, 1.807) is 0 Å². The van der Waals surface area contributed by atoms with E-state index in [0.717, 1.165) is 12.1 Å². The molecule has 5 heteroatoms. The predicted molar refractivity (Wildman–Crippen MR) is 68.4 cm³/mol. The molecule has 0 saturated heterocycles. The minimum absolute atomic E-state index is 0.260. The molecule has 0 spiro atoms. The molecule has 2 rings (SSSR count). The standard InChI is InChI=1S/C14H11ClF2O2/c1-19-12-6-5-8(7-9(12)15)14(18)13-10(16)3-2-4-11(13)17/h2-7,14,18H,1H3. The Hall–Kier alpha value is -1.65. The monoisotopic (exact) mass is 284 g/mol. The first-order chi connectivity index (χ1) is 9.04. The summed E-state index contributed by atoms with van der Waals surface area (Å²) < 4.78 is 32.1. The third-order valence-electron chi connectivity index (χ3n) is 2.76. The van der Waals surface area contributed by atoms with E-state index in [9.17, 15) is 13.9 Å². The van der Waals surface area contributed by atoms with Crippen LogP contribution in [0.25, 0.3) is 0 Å². The summed E-state index contributed by atoms with van der Waals surface area (Å²) in [6.07, 6.45) is -1.43. The second-order valence-electron chi connectivity index (χ2n) is 3.93. The Morgan fingerprint density at radius 3 is 2.32 bits per heavy atom. The van der Waals surface area contributed by atoms with Gasteiger partial charge in [0.1, 0.15) is 23.5 Å². The van der Waals surface area contributed by atoms with Crippen LogP contribution in [0.5, 0.6) is 5.75 Å². The van der Waals surface area contributed by atoms with E-state index in [2.05, 4.69) is 0 Å². The van der Waals surface area contributed by atoms with Crippen LogP contribution in [0.15, 0.2) is 36.4 Å². The maximum atomic E-state index is 13.6. The fourth-order valence-corrected chi connectivity index (χ4v) is 2.06. The zero-order valence-corrected chi connectivity index (χ0v) is 10.8. The topological polar surface area (TPSA) is 29.5 Å². The van der Waals surface area contributed by atoms with Gasteiger partial charge in [-0.15, -0.1) is 0 Å². The summed E-state index contributed by atoms with van der Waals surface area (Å²) in [4.78, 5) is 0. The fourth-order valence-electron chi connectivity index (χ4n) is 1.79. The number of aliphatic hydroxyl groups excluding tert-OH is 1. The third-order valence-corrected chi connectivity index (χ3v) is 3.06. The van der Waals surface area contributed by atoms with Crippen molar-refractivity contribution in [3.63, 3.8) is 0 Å². The molecule has 100 valence electrons. The van der Waals surface area contributed by atoms with Gasteiger partial charge in [-0.25, -0.2) is 8.78 Å². The van der Waals surface area contributed by atoms with Gasteiger partial charge < -0.3 is 9.84 Å². The molecule has 0 bridgehead atoms. The van der Waals surface area contributed by atoms with Crippen molar-refractivity contribution in [1.29, 1.82) is 0 Å². The molecular weight excluding hydrogens is 274 g/mol. The van der Waals surface area contributed by atoms with Crippen molar-refractivity contribution >= 4 is 11.6 Å². The first-order valence-electron chi connectivity index (χ1n) is 5.50. The molecule has 0 heterocycles. The molecule has 0 aliphatic carbocycles. The first kappa shape index (κ1) is 13.8. The zero-order chi connectivity index (χ0) is 14.0. The number of aliphatic hydroxyl groups is 1. The van der Waals surface area contributed by atoms with Gasteiger partial charge in [0.2, 0.25) is 0 Å². The van der Waals surface area contributed by atoms with Gasteiger partial charge in [0.05, 0.1) is 17.7 Å². The number of ether oxygens (including phenoxy) is 1. The van der Waals surface area contributed by atoms with E-state index in [1.807, 2.05) is 0 Å². The van der Waals surface area contributed by atoms with Gasteiger partial charge in [0, 0.05) is 0 Å². The van der Waals surface area contributed by atoms with Crippen molar-refractivity contribution in [3.05, 3.63) is 64.2 Å². The summed E-state index contributed by atoms with van der Waals surface area (Å²) in [6, 6.07) is 7.86. The van der Waals surface area contributed by atoms with E-state index < -0.39 is 23.3 Å². The van der Waals surface area contributed by atoms with Crippen LogP contribution in [0, 0.1) is 11.6 Å². The second kappa shape index (κ2) is 5.55. The largest absolute Gasteiger partial charge is 0.495 e. The maximum Gasteiger partial charge on any atom is 0.137 e. The number of rotatable bonds is 3. The van der Waals surface area contributed by atoms with Gasteiger partial charge in [0.25, 0.3) is 0 Å². The number of hydrogen-bond donors (Lipinski definition) is 1. The van der Waals surface area contributed by atoms with E-state index in [1.165, 1.54) is 31.4 Å². The lowest BCUT2D eigenvalue weighted by molar-refractivity contribution is 0.209. The molecule has 0 saturated carbocycles. The molecule has 1 N–H and O–H groups in total. The average molecular weight is 285 g/mol. The smallest absolute Gasteiger partial charge is 0.137 e. The highest BCUT2D eigenvalue weighted by Gasteiger charge is 2.20. The minimum Gasteiger partial charge on any atom is -0.495 e. The highest BCUT2D eigenvalue weighted by Crippen LogP contribution is 2.32. The molecule has 0 aliphatic heterocycles. The second-order valence-corrected chi connectivity index (χ2v) is 4.34. The highest BCUT2D eigenvalue weighted by atomic mass is 35.5. The summed E-state index contributed by atoms with van der Waals surface area (Å²) in [7, 11) is 1.45. The zero-order valence-electron chi connectivity index (χ0n) is 10.0. The Bertz CT molecular complexity index is 582. The van der Waals surface area contributed by atoms with Crippen LogP contribution in [-0.4, -0.2) is 12.2 Å². The Balaban J connectivity index is 2.44. The molecule has 0 aliphatic rings. The summed E-state index contributed by atoms with van der Waals surface area (Å²) in [5, 5.41) is 10.3. The number of benzene rings is 2. The van der Waals surface area contributed by atoms with Crippen molar-refractivity contribution in [1.82, 2.24) is 0 Å². The molecule has 1 unspecified atom stereocenters. The first-order valence-corrected chi connectivity index (χ1v) is 5.87. The van der Waals surface area contributed by atoms with Gasteiger partial charge >= 0.3 is 0 Å². The SMILES string of the molecule is COc1ccc(C(O)c2c(F)cccc2F)cc1Cl. The lowest BCUT2D eigenvalue weighted by atomic mass is 10.0. The lowest BCUT2D eigenvalue weighted by Crippen LogP contribution is -2.05.